The van der Waals surface area contributed by atoms with E-state index in [2.05, 4.69) is 0 Å². The quantitative estimate of drug-likeness (QED) is 0.496. The van der Waals surface area contributed by atoms with Crippen LogP contribution in [0.2, 0.25) is 0 Å². The molecular weight excluding hydrogens is 124 g/mol. The fourth-order valence-electron chi connectivity index (χ4n) is 0.985. The third-order valence-corrected chi connectivity index (χ3v) is 3.00. The van der Waals surface area contributed by atoms with Crippen molar-refractivity contribution in [2.75, 3.05) is 0 Å². The van der Waals surface area contributed by atoms with E-state index in [-0.39, 0.29) is 0 Å². The summed E-state index contributed by atoms with van der Waals surface area (Å²) in [4.78, 5) is 0. The Balaban J connectivity index is 2.14. The predicted octanol–water partition coefficient (Wildman–Crippen LogP) is 2.77. The lowest BCUT2D eigenvalue weighted by Crippen LogP contribution is -1.87. The molecule has 1 aliphatic rings. The van der Waals surface area contributed by atoms with Gasteiger partial charge in [-0.05, 0) is 24.5 Å². The number of hydrogen-bond acceptors (Lipinski definition) is 1. The average Bonchev–Trinajstić information content (AvgIpc) is 2.14. The van der Waals surface area contributed by atoms with Gasteiger partial charge in [-0.1, -0.05) is 23.6 Å². The minimum Gasteiger partial charge on any atom is -0.0783 e. The molecule has 0 spiro atoms. The SMILES string of the molecule is [S]SC1CCCC1. The summed E-state index contributed by atoms with van der Waals surface area (Å²) in [6.07, 6.45) is 5.56. The highest BCUT2D eigenvalue weighted by atomic mass is 33.1. The lowest BCUT2D eigenvalue weighted by molar-refractivity contribution is 0.886. The van der Waals surface area contributed by atoms with Crippen LogP contribution >= 0.6 is 22.5 Å². The molecule has 1 saturated carbocycles. The fourth-order valence-corrected chi connectivity index (χ4v) is 2.09. The molecule has 0 aromatic heterocycles. The summed E-state index contributed by atoms with van der Waals surface area (Å²) in [7, 11) is 1.62. The van der Waals surface area contributed by atoms with Crippen LogP contribution in [0, 0.1) is 0 Å². The lowest BCUT2D eigenvalue weighted by Gasteiger charge is -1.97. The zero-order valence-corrected chi connectivity index (χ0v) is 5.86. The second-order valence-corrected chi connectivity index (χ2v) is 3.44. The third kappa shape index (κ3) is 1.57. The third-order valence-electron chi connectivity index (χ3n) is 1.44. The Morgan fingerprint density at radius 3 is 2.14 bits per heavy atom. The molecule has 0 atom stereocenters. The van der Waals surface area contributed by atoms with Crippen molar-refractivity contribution in [2.45, 2.75) is 30.9 Å². The largest absolute Gasteiger partial charge is 0.0783 e. The molecule has 1 radical (unpaired) electrons. The Morgan fingerprint density at radius 2 is 1.86 bits per heavy atom. The van der Waals surface area contributed by atoms with E-state index >= 15 is 0 Å². The molecule has 0 aromatic rings. The summed E-state index contributed by atoms with van der Waals surface area (Å²) in [6, 6.07) is 0. The van der Waals surface area contributed by atoms with Gasteiger partial charge >= 0.3 is 0 Å². The predicted molar refractivity (Wildman–Crippen MR) is 37.4 cm³/mol. The maximum Gasteiger partial charge on any atom is 0.0159 e. The number of rotatable bonds is 1. The summed E-state index contributed by atoms with van der Waals surface area (Å²) in [5, 5.41) is 0.829. The van der Waals surface area contributed by atoms with Crippen LogP contribution in [0.25, 0.3) is 0 Å². The molecule has 7 heavy (non-hydrogen) atoms. The van der Waals surface area contributed by atoms with E-state index in [0.29, 0.717) is 0 Å². The summed E-state index contributed by atoms with van der Waals surface area (Å²) >= 11 is 4.83. The van der Waals surface area contributed by atoms with E-state index in [4.69, 9.17) is 11.7 Å². The smallest absolute Gasteiger partial charge is 0.0159 e. The van der Waals surface area contributed by atoms with E-state index in [1.165, 1.54) is 25.7 Å². The molecule has 1 rings (SSSR count). The van der Waals surface area contributed by atoms with E-state index in [0.717, 1.165) is 5.25 Å². The van der Waals surface area contributed by atoms with Gasteiger partial charge in [-0.3, -0.25) is 0 Å². The monoisotopic (exact) mass is 133 g/mol. The van der Waals surface area contributed by atoms with Crippen LogP contribution in [0.3, 0.4) is 0 Å². The van der Waals surface area contributed by atoms with Gasteiger partial charge in [0.15, 0.2) is 0 Å². The van der Waals surface area contributed by atoms with Gasteiger partial charge < -0.3 is 0 Å². The van der Waals surface area contributed by atoms with Crippen molar-refractivity contribution in [1.29, 1.82) is 0 Å². The first-order valence-corrected chi connectivity index (χ1v) is 4.52. The molecule has 0 bridgehead atoms. The molecule has 1 aliphatic carbocycles. The van der Waals surface area contributed by atoms with Gasteiger partial charge in [0, 0.05) is 5.25 Å². The van der Waals surface area contributed by atoms with Crippen LogP contribution in [0.5, 0.6) is 0 Å². The van der Waals surface area contributed by atoms with Crippen molar-refractivity contribution in [3.8, 4) is 0 Å². The van der Waals surface area contributed by atoms with Crippen molar-refractivity contribution in [2.24, 2.45) is 0 Å². The molecular formula is C5H9S2. The van der Waals surface area contributed by atoms with Crippen LogP contribution < -0.4 is 0 Å². The average molecular weight is 133 g/mol. The van der Waals surface area contributed by atoms with E-state index in [1.807, 2.05) is 0 Å². The zero-order chi connectivity index (χ0) is 5.11. The van der Waals surface area contributed by atoms with Crippen molar-refractivity contribution in [3.63, 3.8) is 0 Å². The molecule has 0 aliphatic heterocycles. The highest BCUT2D eigenvalue weighted by Gasteiger charge is 2.12. The van der Waals surface area contributed by atoms with Crippen LogP contribution in [-0.4, -0.2) is 5.25 Å². The topological polar surface area (TPSA) is 0 Å². The molecule has 0 N–H and O–H groups in total. The van der Waals surface area contributed by atoms with Crippen molar-refractivity contribution >= 4 is 22.5 Å². The lowest BCUT2D eigenvalue weighted by atomic mass is 10.4. The Kier molecular flexibility index (Phi) is 2.40. The van der Waals surface area contributed by atoms with Crippen LogP contribution in [0.1, 0.15) is 25.7 Å². The van der Waals surface area contributed by atoms with Gasteiger partial charge in [-0.15, -0.1) is 0 Å². The molecule has 1 fully saturated rings. The van der Waals surface area contributed by atoms with Crippen molar-refractivity contribution < 1.29 is 0 Å². The number of hydrogen-bond donors (Lipinski definition) is 0. The van der Waals surface area contributed by atoms with Gasteiger partial charge in [0.25, 0.3) is 0 Å². The van der Waals surface area contributed by atoms with Crippen molar-refractivity contribution in [3.05, 3.63) is 0 Å². The standard InChI is InChI=1S/C5H9S2/c6-7-5-3-1-2-4-5/h5H,1-4H2. The van der Waals surface area contributed by atoms with Crippen LogP contribution in [-0.2, 0) is 0 Å². The van der Waals surface area contributed by atoms with Crippen LogP contribution in [0.4, 0.5) is 0 Å². The highest BCUT2D eigenvalue weighted by molar-refractivity contribution is 8.68. The van der Waals surface area contributed by atoms with E-state index in [1.54, 1.807) is 10.8 Å². The maximum absolute atomic E-state index is 4.83. The maximum atomic E-state index is 4.83. The second kappa shape index (κ2) is 2.88. The molecule has 0 heterocycles. The zero-order valence-electron chi connectivity index (χ0n) is 4.22. The highest BCUT2D eigenvalue weighted by Crippen LogP contribution is 2.30. The molecule has 0 unspecified atom stereocenters. The Morgan fingerprint density at radius 1 is 1.29 bits per heavy atom. The van der Waals surface area contributed by atoms with Gasteiger partial charge in [-0.2, -0.15) is 0 Å². The summed E-state index contributed by atoms with van der Waals surface area (Å²) in [5.74, 6) is 0. The Bertz CT molecular complexity index is 48.0. The van der Waals surface area contributed by atoms with Gasteiger partial charge in [0.2, 0.25) is 0 Å². The minimum atomic E-state index is 0.829. The minimum absolute atomic E-state index is 0.829. The normalized spacial score (nSPS) is 23.6. The Labute approximate surface area is 53.9 Å². The van der Waals surface area contributed by atoms with Gasteiger partial charge in [0.05, 0.1) is 0 Å². The molecule has 0 nitrogen and oxygen atoms in total. The van der Waals surface area contributed by atoms with Gasteiger partial charge in [-0.25, -0.2) is 0 Å². The fraction of sp³-hybridized carbons (Fsp3) is 1.00. The first-order valence-electron chi connectivity index (χ1n) is 2.72. The molecule has 0 amide bonds. The molecule has 2 heteroatoms. The first-order chi connectivity index (χ1) is 3.43. The summed E-state index contributed by atoms with van der Waals surface area (Å²) in [5.41, 5.74) is 0. The summed E-state index contributed by atoms with van der Waals surface area (Å²) < 4.78 is 0. The van der Waals surface area contributed by atoms with Crippen molar-refractivity contribution in [1.82, 2.24) is 0 Å². The van der Waals surface area contributed by atoms with E-state index in [9.17, 15) is 0 Å². The molecule has 0 saturated heterocycles. The molecule has 0 aromatic carbocycles. The second-order valence-electron chi connectivity index (χ2n) is 2.00. The van der Waals surface area contributed by atoms with E-state index < -0.39 is 0 Å². The Hall–Kier alpha value is 0.700. The molecule has 41 valence electrons. The summed E-state index contributed by atoms with van der Waals surface area (Å²) in [6.45, 7) is 0. The van der Waals surface area contributed by atoms with Crippen LogP contribution in [0.15, 0.2) is 0 Å². The first kappa shape index (κ1) is 5.83. The van der Waals surface area contributed by atoms with Gasteiger partial charge in [0.1, 0.15) is 0 Å².